The number of rotatable bonds is 10. The van der Waals surface area contributed by atoms with Gasteiger partial charge in [-0.25, -0.2) is 0 Å². The average molecular weight is 276 g/mol. The highest BCUT2D eigenvalue weighted by atomic mass is 16.5. The van der Waals surface area contributed by atoms with Crippen LogP contribution in [0.15, 0.2) is 47.6 Å². The molecule has 0 fully saturated rings. The van der Waals surface area contributed by atoms with Gasteiger partial charge in [-0.2, -0.15) is 0 Å². The molecule has 0 aliphatic heterocycles. The second kappa shape index (κ2) is 11.7. The fourth-order valence-electron chi connectivity index (χ4n) is 2.22. The molecule has 0 heterocycles. The van der Waals surface area contributed by atoms with Crippen LogP contribution in [0, 0.1) is 5.92 Å². The Labute approximate surface area is 126 Å². The molecule has 1 atom stereocenters. The van der Waals surface area contributed by atoms with Crippen molar-refractivity contribution in [1.82, 2.24) is 0 Å². The summed E-state index contributed by atoms with van der Waals surface area (Å²) < 4.78 is 5.13. The quantitative estimate of drug-likeness (QED) is 0.359. The number of allylic oxidation sites excluding steroid dienone is 6. The Morgan fingerprint density at radius 1 is 1.30 bits per heavy atom. The summed E-state index contributed by atoms with van der Waals surface area (Å²) in [5, 5.41) is 0. The Morgan fingerprint density at radius 2 is 2.00 bits per heavy atom. The first kappa shape index (κ1) is 18.9. The van der Waals surface area contributed by atoms with Gasteiger partial charge in [0.2, 0.25) is 0 Å². The van der Waals surface area contributed by atoms with Crippen LogP contribution < -0.4 is 0 Å². The Bertz CT molecular complexity index is 358. The van der Waals surface area contributed by atoms with Crippen molar-refractivity contribution in [2.24, 2.45) is 5.92 Å². The molecule has 0 saturated carbocycles. The summed E-state index contributed by atoms with van der Waals surface area (Å²) >= 11 is 0. The van der Waals surface area contributed by atoms with Crippen LogP contribution in [-0.2, 0) is 4.74 Å². The summed E-state index contributed by atoms with van der Waals surface area (Å²) in [5.41, 5.74) is 4.24. The summed E-state index contributed by atoms with van der Waals surface area (Å²) in [6.07, 6.45) is 13.0. The van der Waals surface area contributed by atoms with Crippen LogP contribution in [0.25, 0.3) is 0 Å². The van der Waals surface area contributed by atoms with E-state index in [1.165, 1.54) is 23.1 Å². The van der Waals surface area contributed by atoms with Crippen molar-refractivity contribution < 1.29 is 4.74 Å². The molecule has 1 heteroatoms. The smallest absolute Gasteiger partial charge is 0.0646 e. The number of ether oxygens (including phenoxy) is 1. The van der Waals surface area contributed by atoms with Crippen LogP contribution >= 0.6 is 0 Å². The van der Waals surface area contributed by atoms with Crippen LogP contribution in [0.5, 0.6) is 0 Å². The summed E-state index contributed by atoms with van der Waals surface area (Å²) in [4.78, 5) is 0. The molecule has 1 unspecified atom stereocenters. The first-order valence-corrected chi connectivity index (χ1v) is 7.76. The van der Waals surface area contributed by atoms with E-state index < -0.39 is 0 Å². The Morgan fingerprint density at radius 3 is 2.50 bits per heavy atom. The van der Waals surface area contributed by atoms with Gasteiger partial charge in [0.1, 0.15) is 0 Å². The monoisotopic (exact) mass is 276 g/mol. The minimum absolute atomic E-state index is 0.669. The van der Waals surface area contributed by atoms with Crippen LogP contribution in [-0.4, -0.2) is 13.7 Å². The van der Waals surface area contributed by atoms with E-state index in [-0.39, 0.29) is 0 Å². The molecule has 0 saturated heterocycles. The molecular formula is C19H32O. The van der Waals surface area contributed by atoms with E-state index in [9.17, 15) is 0 Å². The third kappa shape index (κ3) is 7.49. The standard InChI is InChI=1S/C19H32O/c1-7-11-17(5)19(12-8-2)18(13-10-14-20-6)15-16(4)9-3/h8,10-11,13,16H,2,7,9,12,14-15H2,1,3-6H3/b13-10-,17-11?,19-18-. The summed E-state index contributed by atoms with van der Waals surface area (Å²) in [5.74, 6) is 0.700. The molecule has 0 amide bonds. The van der Waals surface area contributed by atoms with Crippen molar-refractivity contribution in [1.29, 1.82) is 0 Å². The molecule has 0 aliphatic rings. The SMILES string of the molecule is C=CC/C(C(C)=CCC)=C(\C=C/COC)CC(C)CC. The van der Waals surface area contributed by atoms with E-state index in [0.29, 0.717) is 12.5 Å². The van der Waals surface area contributed by atoms with Crippen molar-refractivity contribution in [3.8, 4) is 0 Å². The van der Waals surface area contributed by atoms with Gasteiger partial charge < -0.3 is 4.74 Å². The highest BCUT2D eigenvalue weighted by Crippen LogP contribution is 2.26. The number of hydrogen-bond donors (Lipinski definition) is 0. The largest absolute Gasteiger partial charge is 0.381 e. The predicted octanol–water partition coefficient (Wildman–Crippen LogP) is 5.85. The molecule has 0 aromatic carbocycles. The maximum absolute atomic E-state index is 5.13. The van der Waals surface area contributed by atoms with Crippen molar-refractivity contribution >= 4 is 0 Å². The van der Waals surface area contributed by atoms with Crippen LogP contribution in [0.4, 0.5) is 0 Å². The van der Waals surface area contributed by atoms with E-state index in [1.54, 1.807) is 7.11 Å². The lowest BCUT2D eigenvalue weighted by Crippen LogP contribution is -1.99. The predicted molar refractivity (Wildman–Crippen MR) is 91.0 cm³/mol. The van der Waals surface area contributed by atoms with Crippen molar-refractivity contribution in [3.05, 3.63) is 47.6 Å². The molecular weight excluding hydrogens is 244 g/mol. The normalized spacial score (nSPS) is 15.3. The van der Waals surface area contributed by atoms with Crippen molar-refractivity contribution in [2.75, 3.05) is 13.7 Å². The maximum atomic E-state index is 5.13. The molecule has 0 radical (unpaired) electrons. The second-order valence-corrected chi connectivity index (χ2v) is 5.37. The Balaban J connectivity index is 5.46. The molecule has 0 rings (SSSR count). The van der Waals surface area contributed by atoms with Crippen molar-refractivity contribution in [2.45, 2.75) is 53.4 Å². The van der Waals surface area contributed by atoms with Crippen LogP contribution in [0.1, 0.15) is 53.4 Å². The van der Waals surface area contributed by atoms with Gasteiger partial charge >= 0.3 is 0 Å². The molecule has 114 valence electrons. The topological polar surface area (TPSA) is 9.23 Å². The molecule has 0 aliphatic carbocycles. The van der Waals surface area contributed by atoms with Gasteiger partial charge in [-0.15, -0.1) is 6.58 Å². The van der Waals surface area contributed by atoms with E-state index in [4.69, 9.17) is 4.74 Å². The fourth-order valence-corrected chi connectivity index (χ4v) is 2.22. The third-order valence-corrected chi connectivity index (χ3v) is 3.57. The summed E-state index contributed by atoms with van der Waals surface area (Å²) in [7, 11) is 1.73. The number of hydrogen-bond acceptors (Lipinski definition) is 1. The van der Waals surface area contributed by atoms with E-state index in [0.717, 1.165) is 19.3 Å². The third-order valence-electron chi connectivity index (χ3n) is 3.57. The molecule has 0 aromatic rings. The van der Waals surface area contributed by atoms with Gasteiger partial charge in [-0.3, -0.25) is 0 Å². The first-order chi connectivity index (χ1) is 9.60. The second-order valence-electron chi connectivity index (χ2n) is 5.37. The van der Waals surface area contributed by atoms with Crippen molar-refractivity contribution in [3.63, 3.8) is 0 Å². The van der Waals surface area contributed by atoms with Gasteiger partial charge in [0.05, 0.1) is 6.61 Å². The lowest BCUT2D eigenvalue weighted by Gasteiger charge is -2.16. The zero-order valence-corrected chi connectivity index (χ0v) is 14.0. The van der Waals surface area contributed by atoms with E-state index in [2.05, 4.69) is 52.5 Å². The van der Waals surface area contributed by atoms with Gasteiger partial charge in [-0.1, -0.05) is 57.1 Å². The molecule has 0 spiro atoms. The van der Waals surface area contributed by atoms with Gasteiger partial charge in [-0.05, 0) is 43.3 Å². The first-order valence-electron chi connectivity index (χ1n) is 7.76. The fraction of sp³-hybridized carbons (Fsp3) is 0.579. The van der Waals surface area contributed by atoms with Crippen LogP contribution in [0.2, 0.25) is 0 Å². The maximum Gasteiger partial charge on any atom is 0.0646 e. The van der Waals surface area contributed by atoms with E-state index in [1.807, 2.05) is 6.08 Å². The zero-order valence-electron chi connectivity index (χ0n) is 14.0. The zero-order chi connectivity index (χ0) is 15.4. The van der Waals surface area contributed by atoms with E-state index >= 15 is 0 Å². The van der Waals surface area contributed by atoms with Gasteiger partial charge in [0.15, 0.2) is 0 Å². The van der Waals surface area contributed by atoms with Gasteiger partial charge in [0, 0.05) is 7.11 Å². The number of methoxy groups -OCH3 is 1. The average Bonchev–Trinajstić information content (AvgIpc) is 2.44. The molecule has 0 N–H and O–H groups in total. The molecule has 20 heavy (non-hydrogen) atoms. The summed E-state index contributed by atoms with van der Waals surface area (Å²) in [6, 6.07) is 0. The minimum Gasteiger partial charge on any atom is -0.381 e. The molecule has 0 bridgehead atoms. The Hall–Kier alpha value is -1.08. The lowest BCUT2D eigenvalue weighted by molar-refractivity contribution is 0.234. The van der Waals surface area contributed by atoms with Crippen LogP contribution in [0.3, 0.4) is 0 Å². The Kier molecular flexibility index (Phi) is 11.1. The molecule has 1 nitrogen and oxygen atoms in total. The lowest BCUT2D eigenvalue weighted by atomic mass is 9.90. The highest BCUT2D eigenvalue weighted by molar-refractivity contribution is 5.40. The molecule has 0 aromatic heterocycles. The highest BCUT2D eigenvalue weighted by Gasteiger charge is 2.09. The summed E-state index contributed by atoms with van der Waals surface area (Å²) in [6.45, 7) is 13.5. The minimum atomic E-state index is 0.669. The van der Waals surface area contributed by atoms with Gasteiger partial charge in [0.25, 0.3) is 0 Å².